The fraction of sp³-hybridized carbons (Fsp3) is 0.250. The van der Waals surface area contributed by atoms with Crippen LogP contribution in [0, 0.1) is 6.92 Å². The summed E-state index contributed by atoms with van der Waals surface area (Å²) in [5.74, 6) is 1.02. The molecule has 0 aliphatic carbocycles. The predicted molar refractivity (Wildman–Crippen MR) is 156 cm³/mol. The van der Waals surface area contributed by atoms with Crippen LogP contribution in [0.5, 0.6) is 5.88 Å². The second-order valence-electron chi connectivity index (χ2n) is 9.93. The van der Waals surface area contributed by atoms with E-state index in [0.717, 1.165) is 70.6 Å². The molecule has 0 amide bonds. The van der Waals surface area contributed by atoms with Gasteiger partial charge in [-0.1, -0.05) is 80.4 Å². The third-order valence-electron chi connectivity index (χ3n) is 6.98. The zero-order valence-corrected chi connectivity index (χ0v) is 23.2. The zero-order chi connectivity index (χ0) is 28.6. The van der Waals surface area contributed by atoms with E-state index in [1.165, 1.54) is 0 Å². The van der Waals surface area contributed by atoms with Gasteiger partial charge in [0.2, 0.25) is 5.88 Å². The lowest BCUT2D eigenvalue weighted by molar-refractivity contribution is 0.0697. The molecule has 0 spiro atoms. The van der Waals surface area contributed by atoms with Crippen LogP contribution in [-0.4, -0.2) is 41.7 Å². The number of carboxylic acid groups (broad SMARTS) is 1. The molecule has 2 heterocycles. The Balaban J connectivity index is 1.37. The number of aromatic nitrogens is 6. The second-order valence-corrected chi connectivity index (χ2v) is 9.93. The smallest absolute Gasteiger partial charge is 0.335 e. The summed E-state index contributed by atoms with van der Waals surface area (Å²) < 4.78 is 6.34. The van der Waals surface area contributed by atoms with Crippen molar-refractivity contribution in [2.75, 3.05) is 0 Å². The van der Waals surface area contributed by atoms with E-state index in [2.05, 4.69) is 39.7 Å². The first-order chi connectivity index (χ1) is 20.0. The molecule has 9 nitrogen and oxygen atoms in total. The van der Waals surface area contributed by atoms with Gasteiger partial charge in [-0.05, 0) is 58.2 Å². The summed E-state index contributed by atoms with van der Waals surface area (Å²) >= 11 is 0. The molecule has 5 aromatic rings. The van der Waals surface area contributed by atoms with E-state index in [1.54, 1.807) is 12.1 Å². The van der Waals surface area contributed by atoms with Crippen molar-refractivity contribution in [3.05, 3.63) is 107 Å². The molecule has 0 bridgehead atoms. The van der Waals surface area contributed by atoms with E-state index in [9.17, 15) is 9.90 Å². The SMILES string of the molecule is CCCCCc1nc(C)c(Cc2ccc(C(=O)O)cc2)c(OCc2ccc(-c3ccccc3-c3nnn[nH]3)cc2)n1. The first kappa shape index (κ1) is 27.6. The Hall–Kier alpha value is -4.92. The second kappa shape index (κ2) is 13.0. The highest BCUT2D eigenvalue weighted by Crippen LogP contribution is 2.30. The average Bonchev–Trinajstić information content (AvgIpc) is 3.53. The molecule has 0 radical (unpaired) electrons. The number of aromatic amines is 1. The van der Waals surface area contributed by atoms with Crippen molar-refractivity contribution in [3.63, 3.8) is 0 Å². The van der Waals surface area contributed by atoms with Crippen molar-refractivity contribution >= 4 is 5.97 Å². The van der Waals surface area contributed by atoms with Crippen molar-refractivity contribution in [1.29, 1.82) is 0 Å². The van der Waals surface area contributed by atoms with Crippen LogP contribution in [0.1, 0.15) is 64.8 Å². The number of carboxylic acids is 1. The van der Waals surface area contributed by atoms with Gasteiger partial charge in [0.1, 0.15) is 12.4 Å². The summed E-state index contributed by atoms with van der Waals surface area (Å²) in [4.78, 5) is 20.9. The number of nitrogens with zero attached hydrogens (tertiary/aromatic N) is 5. The first-order valence-electron chi connectivity index (χ1n) is 13.8. The number of aromatic carboxylic acids is 1. The summed E-state index contributed by atoms with van der Waals surface area (Å²) in [7, 11) is 0. The number of unbranched alkanes of at least 4 members (excludes halogenated alkanes) is 2. The van der Waals surface area contributed by atoms with Crippen LogP contribution in [0.4, 0.5) is 0 Å². The topological polar surface area (TPSA) is 127 Å². The number of benzene rings is 3. The first-order valence-corrected chi connectivity index (χ1v) is 13.8. The zero-order valence-electron chi connectivity index (χ0n) is 23.2. The van der Waals surface area contributed by atoms with Gasteiger partial charge in [0, 0.05) is 29.7 Å². The lowest BCUT2D eigenvalue weighted by Gasteiger charge is -2.15. The van der Waals surface area contributed by atoms with Crippen LogP contribution in [0.2, 0.25) is 0 Å². The van der Waals surface area contributed by atoms with Crippen LogP contribution in [-0.2, 0) is 19.4 Å². The molecule has 0 saturated heterocycles. The molecule has 41 heavy (non-hydrogen) atoms. The molecule has 3 aromatic carbocycles. The van der Waals surface area contributed by atoms with Crippen molar-refractivity contribution < 1.29 is 14.6 Å². The van der Waals surface area contributed by atoms with E-state index in [4.69, 9.17) is 14.7 Å². The Morgan fingerprint density at radius 3 is 2.32 bits per heavy atom. The molecule has 0 aliphatic heterocycles. The number of H-pyrrole nitrogens is 1. The lowest BCUT2D eigenvalue weighted by Crippen LogP contribution is -2.09. The Morgan fingerprint density at radius 2 is 1.63 bits per heavy atom. The highest BCUT2D eigenvalue weighted by atomic mass is 16.5. The third kappa shape index (κ3) is 6.81. The molecule has 2 N–H and O–H groups in total. The summed E-state index contributed by atoms with van der Waals surface area (Å²) in [5, 5.41) is 23.6. The van der Waals surface area contributed by atoms with E-state index in [-0.39, 0.29) is 5.56 Å². The fourth-order valence-electron chi connectivity index (χ4n) is 4.71. The minimum absolute atomic E-state index is 0.257. The normalized spacial score (nSPS) is 11.0. The molecule has 208 valence electrons. The van der Waals surface area contributed by atoms with Gasteiger partial charge in [0.25, 0.3) is 0 Å². The minimum atomic E-state index is -0.944. The monoisotopic (exact) mass is 548 g/mol. The number of hydrogen-bond donors (Lipinski definition) is 2. The van der Waals surface area contributed by atoms with Gasteiger partial charge in [0.05, 0.1) is 5.56 Å². The number of aryl methyl sites for hydroxylation is 2. The molecule has 9 heteroatoms. The number of hydrogen-bond acceptors (Lipinski definition) is 7. The highest BCUT2D eigenvalue weighted by molar-refractivity contribution is 5.87. The van der Waals surface area contributed by atoms with Gasteiger partial charge in [-0.2, -0.15) is 4.98 Å². The molecule has 2 aromatic heterocycles. The van der Waals surface area contributed by atoms with E-state index >= 15 is 0 Å². The molecular weight excluding hydrogens is 516 g/mol. The van der Waals surface area contributed by atoms with Crippen LogP contribution in [0.15, 0.2) is 72.8 Å². The van der Waals surface area contributed by atoms with Gasteiger partial charge >= 0.3 is 5.97 Å². The predicted octanol–water partition coefficient (Wildman–Crippen LogP) is 6.23. The van der Waals surface area contributed by atoms with E-state index in [0.29, 0.717) is 24.7 Å². The molecule has 0 unspecified atom stereocenters. The van der Waals surface area contributed by atoms with Crippen molar-refractivity contribution in [2.45, 2.75) is 52.6 Å². The van der Waals surface area contributed by atoms with Crippen molar-refractivity contribution in [3.8, 4) is 28.4 Å². The number of rotatable bonds is 12. The summed E-state index contributed by atoms with van der Waals surface area (Å²) in [5.41, 5.74) is 7.00. The van der Waals surface area contributed by atoms with E-state index in [1.807, 2.05) is 55.5 Å². The number of nitrogens with one attached hydrogen (secondary N) is 1. The molecule has 0 atom stereocenters. The van der Waals surface area contributed by atoms with Crippen LogP contribution in [0.3, 0.4) is 0 Å². The number of carbonyl (C=O) groups is 1. The minimum Gasteiger partial charge on any atom is -0.478 e. The van der Waals surface area contributed by atoms with Crippen molar-refractivity contribution in [2.24, 2.45) is 0 Å². The van der Waals surface area contributed by atoms with Gasteiger partial charge in [-0.3, -0.25) is 0 Å². The van der Waals surface area contributed by atoms with Gasteiger partial charge in [-0.15, -0.1) is 5.10 Å². The lowest BCUT2D eigenvalue weighted by atomic mass is 9.98. The highest BCUT2D eigenvalue weighted by Gasteiger charge is 2.16. The maximum Gasteiger partial charge on any atom is 0.335 e. The molecule has 0 fully saturated rings. The molecule has 5 rings (SSSR count). The van der Waals surface area contributed by atoms with Crippen LogP contribution < -0.4 is 4.74 Å². The number of tetrazole rings is 1. The number of ether oxygens (including phenoxy) is 1. The summed E-state index contributed by atoms with van der Waals surface area (Å²) in [6.45, 7) is 4.51. The molecular formula is C32H32N6O3. The standard InChI is InChI=1S/C32H32N6O3/c1-3-4-5-10-29-33-21(2)28(19-22-11-17-25(18-12-22)32(39)40)31(34-29)41-20-23-13-15-24(16-14-23)26-8-6-7-9-27(26)30-35-37-38-36-30/h6-9,11-18H,3-5,10,19-20H2,1-2H3,(H,39,40)(H,35,36,37,38). The Morgan fingerprint density at radius 1 is 0.902 bits per heavy atom. The summed E-state index contributed by atoms with van der Waals surface area (Å²) in [6.07, 6.45) is 4.62. The average molecular weight is 549 g/mol. The Kier molecular flexibility index (Phi) is 8.73. The van der Waals surface area contributed by atoms with Gasteiger partial charge in [0.15, 0.2) is 5.82 Å². The Bertz CT molecular complexity index is 1600. The van der Waals surface area contributed by atoms with Crippen molar-refractivity contribution in [1.82, 2.24) is 30.6 Å². The van der Waals surface area contributed by atoms with Crippen LogP contribution in [0.25, 0.3) is 22.5 Å². The maximum atomic E-state index is 11.3. The third-order valence-corrected chi connectivity index (χ3v) is 6.98. The summed E-state index contributed by atoms with van der Waals surface area (Å²) in [6, 6.07) is 23.1. The maximum absolute atomic E-state index is 11.3. The quantitative estimate of drug-likeness (QED) is 0.176. The Labute approximate surface area is 238 Å². The van der Waals surface area contributed by atoms with Gasteiger partial charge < -0.3 is 9.84 Å². The molecule has 0 saturated carbocycles. The van der Waals surface area contributed by atoms with Gasteiger partial charge in [-0.25, -0.2) is 14.9 Å². The van der Waals surface area contributed by atoms with E-state index < -0.39 is 5.97 Å². The largest absolute Gasteiger partial charge is 0.478 e. The van der Waals surface area contributed by atoms with Crippen LogP contribution >= 0.6 is 0 Å². The molecule has 0 aliphatic rings. The fourth-order valence-corrected chi connectivity index (χ4v) is 4.71.